The van der Waals surface area contributed by atoms with Gasteiger partial charge in [0.2, 0.25) is 5.91 Å². The van der Waals surface area contributed by atoms with Crippen LogP contribution in [0.4, 0.5) is 8.78 Å². The van der Waals surface area contributed by atoms with Crippen molar-refractivity contribution < 1.29 is 27.8 Å². The Hall–Kier alpha value is -3.94. The number of hydrogen-bond donors (Lipinski definition) is 3. The van der Waals surface area contributed by atoms with E-state index in [-0.39, 0.29) is 36.4 Å². The summed E-state index contributed by atoms with van der Waals surface area (Å²) in [5.74, 6) is -0.108. The van der Waals surface area contributed by atoms with Crippen molar-refractivity contribution in [1.29, 1.82) is 0 Å². The number of rotatable bonds is 9. The Morgan fingerprint density at radius 1 is 1.10 bits per heavy atom. The Balaban J connectivity index is 1.28. The number of pyridine rings is 1. The van der Waals surface area contributed by atoms with Crippen LogP contribution in [0.3, 0.4) is 0 Å². The number of aromatic nitrogens is 4. The molecule has 0 radical (unpaired) electrons. The van der Waals surface area contributed by atoms with Crippen molar-refractivity contribution in [2.75, 3.05) is 40.0 Å². The molecule has 1 aliphatic carbocycles. The van der Waals surface area contributed by atoms with Gasteiger partial charge in [0.05, 0.1) is 59.9 Å². The molecule has 0 spiro atoms. The van der Waals surface area contributed by atoms with Crippen molar-refractivity contribution in [1.82, 2.24) is 35.1 Å². The van der Waals surface area contributed by atoms with Crippen LogP contribution in [0.25, 0.3) is 33.6 Å². The zero-order chi connectivity index (χ0) is 34.1. The van der Waals surface area contributed by atoms with E-state index in [4.69, 9.17) is 19.4 Å². The van der Waals surface area contributed by atoms with Crippen LogP contribution in [0.2, 0.25) is 0 Å². The van der Waals surface area contributed by atoms with Gasteiger partial charge in [0, 0.05) is 44.1 Å². The van der Waals surface area contributed by atoms with Crippen LogP contribution in [-0.2, 0) is 27.4 Å². The second-order valence-electron chi connectivity index (χ2n) is 13.6. The number of nitrogens with one attached hydrogen (secondary N) is 3. The molecular weight excluding hydrogens is 632 g/mol. The van der Waals surface area contributed by atoms with E-state index in [0.717, 1.165) is 54.5 Å². The van der Waals surface area contributed by atoms with Crippen molar-refractivity contribution in [2.45, 2.75) is 76.8 Å². The molecule has 3 aromatic heterocycles. The number of ether oxygens (including phenoxy) is 2. The first-order valence-electron chi connectivity index (χ1n) is 17.6. The maximum absolute atomic E-state index is 15.7. The Morgan fingerprint density at radius 3 is 2.82 bits per heavy atom. The maximum atomic E-state index is 15.7. The Bertz CT molecular complexity index is 1840. The molecule has 1 saturated heterocycles. The Morgan fingerprint density at radius 2 is 1.98 bits per heavy atom. The molecule has 262 valence electrons. The number of carbonyl (C=O) groups is 2. The summed E-state index contributed by atoms with van der Waals surface area (Å²) in [4.78, 5) is 36.2. The molecule has 49 heavy (non-hydrogen) atoms. The minimum absolute atomic E-state index is 0.106. The number of amides is 2. The van der Waals surface area contributed by atoms with Crippen LogP contribution in [-0.4, -0.2) is 83.1 Å². The summed E-state index contributed by atoms with van der Waals surface area (Å²) in [5.41, 5.74) is 3.17. The summed E-state index contributed by atoms with van der Waals surface area (Å²) >= 11 is 0. The lowest BCUT2D eigenvalue weighted by Crippen LogP contribution is -2.52. The van der Waals surface area contributed by atoms with Gasteiger partial charge in [0.25, 0.3) is 5.91 Å². The largest absolute Gasteiger partial charge is 0.382 e. The number of imidazole rings is 1. The normalized spacial score (nSPS) is 24.5. The van der Waals surface area contributed by atoms with Crippen LogP contribution in [0.15, 0.2) is 30.3 Å². The van der Waals surface area contributed by atoms with Crippen LogP contribution in [0, 0.1) is 17.7 Å². The molecule has 3 aliphatic rings. The number of carbonyl (C=O) groups excluding carboxylic acids is 2. The van der Waals surface area contributed by atoms with E-state index in [1.54, 1.807) is 7.11 Å². The van der Waals surface area contributed by atoms with Gasteiger partial charge in [-0.2, -0.15) is 0 Å². The number of piperidine rings is 1. The topological polar surface area (TPSA) is 124 Å². The number of hydrogen-bond acceptors (Lipinski definition) is 7. The maximum Gasteiger partial charge on any atom is 0.254 e. The molecule has 1 saturated carbocycles. The molecule has 2 bridgehead atoms. The van der Waals surface area contributed by atoms with Gasteiger partial charge in [-0.25, -0.2) is 18.7 Å². The highest BCUT2D eigenvalue weighted by atomic mass is 19.1. The van der Waals surface area contributed by atoms with Crippen LogP contribution >= 0.6 is 0 Å². The van der Waals surface area contributed by atoms with E-state index in [2.05, 4.69) is 20.5 Å². The summed E-state index contributed by atoms with van der Waals surface area (Å²) in [6.07, 6.45) is 4.08. The first-order chi connectivity index (χ1) is 23.8. The lowest BCUT2D eigenvalue weighted by atomic mass is 10.0. The summed E-state index contributed by atoms with van der Waals surface area (Å²) in [6, 6.07) is 7.82. The summed E-state index contributed by atoms with van der Waals surface area (Å²) in [6.45, 7) is 5.06. The van der Waals surface area contributed by atoms with Gasteiger partial charge in [-0.1, -0.05) is 12.8 Å². The quantitative estimate of drug-likeness (QED) is 0.220. The van der Waals surface area contributed by atoms with Gasteiger partial charge >= 0.3 is 0 Å². The van der Waals surface area contributed by atoms with E-state index >= 15 is 4.39 Å². The lowest BCUT2D eigenvalue weighted by molar-refractivity contribution is -0.123. The average Bonchev–Trinajstić information content (AvgIpc) is 3.67. The predicted molar refractivity (Wildman–Crippen MR) is 181 cm³/mol. The molecule has 1 aromatic carbocycles. The minimum Gasteiger partial charge on any atom is -0.382 e. The second kappa shape index (κ2) is 14.5. The highest BCUT2D eigenvalue weighted by Gasteiger charge is 2.42. The van der Waals surface area contributed by atoms with Crippen LogP contribution in [0.1, 0.15) is 67.5 Å². The summed E-state index contributed by atoms with van der Waals surface area (Å²) in [5, 5.41) is 9.85. The van der Waals surface area contributed by atoms with Gasteiger partial charge in [0.1, 0.15) is 17.6 Å². The van der Waals surface area contributed by atoms with Gasteiger partial charge < -0.3 is 34.6 Å². The highest BCUT2D eigenvalue weighted by Crippen LogP contribution is 2.43. The van der Waals surface area contributed by atoms with Crippen molar-refractivity contribution in [3.8, 4) is 11.5 Å². The number of methoxy groups -OCH3 is 1. The smallest absolute Gasteiger partial charge is 0.254 e. The van der Waals surface area contributed by atoms with Gasteiger partial charge in [-0.3, -0.25) is 9.59 Å². The Kier molecular flexibility index (Phi) is 9.93. The molecule has 2 amide bonds. The molecule has 11 nitrogen and oxygen atoms in total. The third-order valence-corrected chi connectivity index (χ3v) is 10.2. The molecule has 3 N–H and O–H groups in total. The van der Waals surface area contributed by atoms with E-state index in [1.807, 2.05) is 29.7 Å². The second-order valence-corrected chi connectivity index (χ2v) is 13.6. The monoisotopic (exact) mass is 677 g/mol. The predicted octanol–water partition coefficient (Wildman–Crippen LogP) is 4.67. The van der Waals surface area contributed by atoms with Crippen molar-refractivity contribution in [3.63, 3.8) is 0 Å². The van der Waals surface area contributed by atoms with Crippen molar-refractivity contribution >= 4 is 33.9 Å². The zero-order valence-corrected chi connectivity index (χ0v) is 28.1. The highest BCUT2D eigenvalue weighted by molar-refractivity contribution is 5.98. The van der Waals surface area contributed by atoms with Crippen LogP contribution in [0.5, 0.6) is 0 Å². The van der Waals surface area contributed by atoms with E-state index < -0.39 is 23.9 Å². The number of fused-ring (bicyclic) bond motifs is 3. The fourth-order valence-corrected chi connectivity index (χ4v) is 7.29. The first kappa shape index (κ1) is 33.6. The number of benzene rings is 1. The first-order valence-corrected chi connectivity index (χ1v) is 17.6. The molecule has 5 heterocycles. The summed E-state index contributed by atoms with van der Waals surface area (Å²) in [7, 11) is 1.61. The van der Waals surface area contributed by atoms with Gasteiger partial charge in [0.15, 0.2) is 5.82 Å². The average molecular weight is 678 g/mol. The minimum atomic E-state index is -1.20. The van der Waals surface area contributed by atoms with Crippen LogP contribution < -0.4 is 16.0 Å². The van der Waals surface area contributed by atoms with Crippen molar-refractivity contribution in [3.05, 3.63) is 47.4 Å². The van der Waals surface area contributed by atoms with E-state index in [9.17, 15) is 14.0 Å². The zero-order valence-electron chi connectivity index (χ0n) is 28.1. The SMILES string of the molecule is COCCOCCn1c(-c2cc3ccc4nc3n2CCCCC[C@@H]2C[C@H]2C(=O)N[C@@H]4C)nc2cc(C(=O)N[C@H]3CNCC[C@@H]3F)c(F)cc21. The molecular formula is C36H45F2N7O4. The van der Waals surface area contributed by atoms with Gasteiger partial charge in [-0.05, 0) is 69.3 Å². The third-order valence-electron chi connectivity index (χ3n) is 10.2. The molecule has 2 aliphatic heterocycles. The molecule has 2 fully saturated rings. The molecule has 0 unspecified atom stereocenters. The Labute approximate surface area is 284 Å². The number of halogens is 2. The molecule has 5 atom stereocenters. The van der Waals surface area contributed by atoms with Gasteiger partial charge in [-0.15, -0.1) is 0 Å². The molecule has 13 heteroatoms. The van der Waals surface area contributed by atoms with Crippen molar-refractivity contribution in [2.24, 2.45) is 11.8 Å². The fraction of sp³-hybridized carbons (Fsp3) is 0.556. The summed E-state index contributed by atoms with van der Waals surface area (Å²) < 4.78 is 45.3. The number of alkyl halides is 1. The third kappa shape index (κ3) is 7.06. The standard InChI is InChI=1S/C36H45F2N7O4/c1-21-28-8-7-23-17-32(44(33(23)41-28)11-5-3-4-6-22-16-24(22)35(46)40-21)34-42-29-18-25(36(47)43-30-20-39-10-9-26(30)37)27(38)19-31(29)45(34)12-13-49-15-14-48-2/h7-8,17-19,21-22,24,26,30,39H,3-6,9-16,20H2,1-2H3,(H,40,46)(H,43,47)/t21-,22-,24-,26+,30+/m1/s1. The lowest BCUT2D eigenvalue weighted by Gasteiger charge is -2.27. The number of nitrogens with zero attached hydrogens (tertiary/aromatic N) is 4. The number of aryl methyl sites for hydroxylation is 1. The molecule has 4 aromatic rings. The molecule has 7 rings (SSSR count). The fourth-order valence-electron chi connectivity index (χ4n) is 7.29. The van der Waals surface area contributed by atoms with E-state index in [0.29, 0.717) is 62.2 Å². The van der Waals surface area contributed by atoms with E-state index in [1.165, 1.54) is 12.1 Å².